The average molecular weight is 309 g/mol. The van der Waals surface area contributed by atoms with Crippen LogP contribution in [0.2, 0.25) is 5.02 Å². The molecule has 1 atom stereocenters. The zero-order chi connectivity index (χ0) is 15.6. The standard InChI is InChI=1S/C13H11ClN2O3.C2H6/c14-9-3-1-2-7-8(9)6-16(13(7)19)10-4-5-11(17)15-12(10)18;1-2/h1-3,10H,4-6H2,(H,15,17,18);1-2H3. The number of piperidine rings is 1. The maximum atomic E-state index is 12.3. The topological polar surface area (TPSA) is 66.5 Å². The number of imide groups is 1. The predicted molar refractivity (Wildman–Crippen MR) is 78.8 cm³/mol. The van der Waals surface area contributed by atoms with Crippen molar-refractivity contribution in [1.82, 2.24) is 10.2 Å². The van der Waals surface area contributed by atoms with Gasteiger partial charge in [-0.15, -0.1) is 0 Å². The molecule has 2 aliphatic heterocycles. The van der Waals surface area contributed by atoms with Crippen LogP contribution in [0.25, 0.3) is 0 Å². The lowest BCUT2D eigenvalue weighted by Crippen LogP contribution is -2.52. The van der Waals surface area contributed by atoms with E-state index in [-0.39, 0.29) is 18.2 Å². The smallest absolute Gasteiger partial charge is 0.255 e. The molecule has 2 aliphatic rings. The Hall–Kier alpha value is -1.88. The van der Waals surface area contributed by atoms with Crippen molar-refractivity contribution < 1.29 is 14.4 Å². The summed E-state index contributed by atoms with van der Waals surface area (Å²) in [7, 11) is 0. The molecule has 0 spiro atoms. The van der Waals surface area contributed by atoms with Gasteiger partial charge in [-0.1, -0.05) is 31.5 Å². The van der Waals surface area contributed by atoms with Crippen LogP contribution < -0.4 is 5.32 Å². The van der Waals surface area contributed by atoms with E-state index in [1.54, 1.807) is 18.2 Å². The average Bonchev–Trinajstić information content (AvgIpc) is 2.80. The van der Waals surface area contributed by atoms with Gasteiger partial charge in [0.15, 0.2) is 0 Å². The van der Waals surface area contributed by atoms with Crippen molar-refractivity contribution in [2.24, 2.45) is 0 Å². The number of hydrogen-bond donors (Lipinski definition) is 1. The third kappa shape index (κ3) is 2.78. The van der Waals surface area contributed by atoms with Gasteiger partial charge in [0, 0.05) is 29.1 Å². The number of halogens is 1. The van der Waals surface area contributed by atoms with E-state index >= 15 is 0 Å². The van der Waals surface area contributed by atoms with Crippen LogP contribution in [0.1, 0.15) is 42.6 Å². The van der Waals surface area contributed by atoms with E-state index in [4.69, 9.17) is 11.6 Å². The Balaban J connectivity index is 0.000000774. The summed E-state index contributed by atoms with van der Waals surface area (Å²) in [6.45, 7) is 4.32. The van der Waals surface area contributed by atoms with Crippen LogP contribution in [-0.2, 0) is 16.1 Å². The first-order valence-corrected chi connectivity index (χ1v) is 7.38. The fourth-order valence-corrected chi connectivity index (χ4v) is 2.78. The van der Waals surface area contributed by atoms with Gasteiger partial charge in [-0.25, -0.2) is 0 Å². The van der Waals surface area contributed by atoms with Gasteiger partial charge in [0.1, 0.15) is 6.04 Å². The predicted octanol–water partition coefficient (Wildman–Crippen LogP) is 2.13. The molecule has 21 heavy (non-hydrogen) atoms. The monoisotopic (exact) mass is 308 g/mol. The molecule has 3 amide bonds. The molecule has 0 aromatic heterocycles. The zero-order valence-corrected chi connectivity index (χ0v) is 12.7. The summed E-state index contributed by atoms with van der Waals surface area (Å²) in [5.41, 5.74) is 1.29. The van der Waals surface area contributed by atoms with Gasteiger partial charge in [0.2, 0.25) is 11.8 Å². The Morgan fingerprint density at radius 2 is 1.95 bits per heavy atom. The highest BCUT2D eigenvalue weighted by Crippen LogP contribution is 2.31. The van der Waals surface area contributed by atoms with Crippen LogP contribution in [0.5, 0.6) is 0 Å². The van der Waals surface area contributed by atoms with E-state index in [1.807, 2.05) is 13.8 Å². The Morgan fingerprint density at radius 1 is 1.24 bits per heavy atom. The van der Waals surface area contributed by atoms with Crippen LogP contribution in [-0.4, -0.2) is 28.7 Å². The van der Waals surface area contributed by atoms with Gasteiger partial charge in [0.25, 0.3) is 5.91 Å². The summed E-state index contributed by atoms with van der Waals surface area (Å²) < 4.78 is 0. The Kier molecular flexibility index (Phi) is 4.63. The molecule has 3 rings (SSSR count). The molecule has 2 heterocycles. The van der Waals surface area contributed by atoms with Crippen molar-refractivity contribution in [2.45, 2.75) is 39.3 Å². The number of nitrogens with zero attached hydrogens (tertiary/aromatic N) is 1. The molecule has 5 nitrogen and oxygen atoms in total. The van der Waals surface area contributed by atoms with E-state index < -0.39 is 11.9 Å². The van der Waals surface area contributed by atoms with Crippen molar-refractivity contribution in [2.75, 3.05) is 0 Å². The summed E-state index contributed by atoms with van der Waals surface area (Å²) >= 11 is 6.07. The van der Waals surface area contributed by atoms with Crippen molar-refractivity contribution in [1.29, 1.82) is 0 Å². The van der Waals surface area contributed by atoms with Crippen LogP contribution >= 0.6 is 11.6 Å². The Bertz CT molecular complexity index is 601. The summed E-state index contributed by atoms with van der Waals surface area (Å²) in [5, 5.41) is 2.79. The maximum absolute atomic E-state index is 12.3. The van der Waals surface area contributed by atoms with Gasteiger partial charge in [-0.2, -0.15) is 0 Å². The fraction of sp³-hybridized carbons (Fsp3) is 0.400. The van der Waals surface area contributed by atoms with E-state index in [0.29, 0.717) is 23.6 Å². The van der Waals surface area contributed by atoms with E-state index in [2.05, 4.69) is 5.32 Å². The first-order valence-electron chi connectivity index (χ1n) is 7.00. The molecule has 1 saturated heterocycles. The first kappa shape index (κ1) is 15.5. The second-order valence-electron chi connectivity index (χ2n) is 4.67. The number of carbonyl (C=O) groups excluding carboxylic acids is 3. The number of amides is 3. The summed E-state index contributed by atoms with van der Waals surface area (Å²) in [5.74, 6) is -0.899. The number of carbonyl (C=O) groups is 3. The second-order valence-corrected chi connectivity index (χ2v) is 5.07. The van der Waals surface area contributed by atoms with E-state index in [1.165, 1.54) is 4.90 Å². The number of rotatable bonds is 1. The Morgan fingerprint density at radius 3 is 2.57 bits per heavy atom. The van der Waals surface area contributed by atoms with E-state index in [0.717, 1.165) is 5.56 Å². The minimum Gasteiger partial charge on any atom is -0.322 e. The second kappa shape index (κ2) is 6.26. The third-order valence-electron chi connectivity index (χ3n) is 3.52. The molecule has 1 unspecified atom stereocenters. The van der Waals surface area contributed by atoms with Gasteiger partial charge in [-0.05, 0) is 18.6 Å². The lowest BCUT2D eigenvalue weighted by molar-refractivity contribution is -0.136. The normalized spacial score (nSPS) is 20.6. The molecule has 0 bridgehead atoms. The summed E-state index contributed by atoms with van der Waals surface area (Å²) in [6, 6.07) is 4.55. The number of nitrogens with one attached hydrogen (secondary N) is 1. The minimum absolute atomic E-state index is 0.202. The Labute approximate surface area is 128 Å². The fourth-order valence-electron chi connectivity index (χ4n) is 2.55. The van der Waals surface area contributed by atoms with Crippen LogP contribution in [0.3, 0.4) is 0 Å². The highest BCUT2D eigenvalue weighted by molar-refractivity contribution is 6.32. The summed E-state index contributed by atoms with van der Waals surface area (Å²) in [4.78, 5) is 36.7. The van der Waals surface area contributed by atoms with Crippen LogP contribution in [0, 0.1) is 0 Å². The van der Waals surface area contributed by atoms with Gasteiger partial charge in [0.05, 0.1) is 0 Å². The molecule has 0 saturated carbocycles. The molecular weight excluding hydrogens is 292 g/mol. The molecule has 1 aromatic rings. The highest BCUT2D eigenvalue weighted by atomic mass is 35.5. The summed E-state index contributed by atoms with van der Waals surface area (Å²) in [6.07, 6.45) is 0.617. The van der Waals surface area contributed by atoms with Crippen molar-refractivity contribution in [3.05, 3.63) is 34.3 Å². The zero-order valence-electron chi connectivity index (χ0n) is 12.0. The minimum atomic E-state index is -0.589. The quantitative estimate of drug-likeness (QED) is 0.808. The van der Waals surface area contributed by atoms with Crippen molar-refractivity contribution >= 4 is 29.3 Å². The first-order chi connectivity index (χ1) is 10.1. The maximum Gasteiger partial charge on any atom is 0.255 e. The number of benzene rings is 1. The third-order valence-corrected chi connectivity index (χ3v) is 3.88. The van der Waals surface area contributed by atoms with E-state index in [9.17, 15) is 14.4 Å². The van der Waals surface area contributed by atoms with Gasteiger partial charge >= 0.3 is 0 Å². The number of fused-ring (bicyclic) bond motifs is 1. The molecule has 1 N–H and O–H groups in total. The largest absolute Gasteiger partial charge is 0.322 e. The van der Waals surface area contributed by atoms with Gasteiger partial charge in [-0.3, -0.25) is 19.7 Å². The highest BCUT2D eigenvalue weighted by Gasteiger charge is 2.39. The molecule has 0 radical (unpaired) electrons. The molecular formula is C15H17ClN2O3. The van der Waals surface area contributed by atoms with Crippen LogP contribution in [0.4, 0.5) is 0 Å². The SMILES string of the molecule is CC.O=C1CCC(N2Cc3c(Cl)cccc3C2=O)C(=O)N1. The van der Waals surface area contributed by atoms with Gasteiger partial charge < -0.3 is 4.90 Å². The van der Waals surface area contributed by atoms with Crippen molar-refractivity contribution in [3.8, 4) is 0 Å². The lowest BCUT2D eigenvalue weighted by atomic mass is 10.0. The number of hydrogen-bond acceptors (Lipinski definition) is 3. The van der Waals surface area contributed by atoms with Crippen LogP contribution in [0.15, 0.2) is 18.2 Å². The molecule has 112 valence electrons. The molecule has 1 fully saturated rings. The van der Waals surface area contributed by atoms with Crippen molar-refractivity contribution in [3.63, 3.8) is 0 Å². The lowest BCUT2D eigenvalue weighted by Gasteiger charge is -2.29. The molecule has 0 aliphatic carbocycles. The molecule has 1 aromatic carbocycles. The molecule has 6 heteroatoms.